The van der Waals surface area contributed by atoms with Crippen LogP contribution in [0.4, 0.5) is 32.3 Å². The van der Waals surface area contributed by atoms with Crippen molar-refractivity contribution in [2.45, 2.75) is 90.6 Å². The molecule has 2 aliphatic heterocycles. The fourth-order valence-corrected chi connectivity index (χ4v) is 8.09. The first-order chi connectivity index (χ1) is 31.7. The number of urea groups is 2. The maximum atomic E-state index is 13.2. The molecule has 342 valence electrons. The molecule has 2 aromatic heterocycles. The number of para-hydroxylation sites is 2. The van der Waals surface area contributed by atoms with E-state index < -0.39 is 0 Å². The lowest BCUT2D eigenvalue weighted by atomic mass is 9.93. The number of hydrogen-bond donors (Lipinski definition) is 4. The first-order valence-electron chi connectivity index (χ1n) is 23.4. The highest BCUT2D eigenvalue weighted by Crippen LogP contribution is 2.35. The summed E-state index contributed by atoms with van der Waals surface area (Å²) in [5.41, 5.74) is 7.57. The maximum absolute atomic E-state index is 13.2. The fourth-order valence-electron chi connectivity index (χ4n) is 8.09. The average Bonchev–Trinajstić information content (AvgIpc) is 3.96. The van der Waals surface area contributed by atoms with E-state index in [1.54, 1.807) is 0 Å². The summed E-state index contributed by atoms with van der Waals surface area (Å²) in [5, 5.41) is 11.0. The summed E-state index contributed by atoms with van der Waals surface area (Å²) in [7, 11) is 2.09. The minimum atomic E-state index is -0.313. The fraction of sp³-hybridized carbons (Fsp3) is 0.358. The number of H-pyrrole nitrogens is 2. The van der Waals surface area contributed by atoms with Gasteiger partial charge in [-0.3, -0.25) is 9.68 Å². The molecule has 0 bridgehead atoms. The zero-order chi connectivity index (χ0) is 45.5. The number of aromatic nitrogens is 2. The first kappa shape index (κ1) is 46.5. The number of benzene rings is 4. The highest BCUT2D eigenvalue weighted by Gasteiger charge is 2.23. The van der Waals surface area contributed by atoms with Crippen molar-refractivity contribution >= 4 is 56.6 Å². The third-order valence-corrected chi connectivity index (χ3v) is 12.1. The lowest BCUT2D eigenvalue weighted by molar-refractivity contribution is 0.0581. The molecule has 0 radical (unpaired) electrons. The standard InChI is InChI=1S/C28H36N4O2.C25H30N4O2/c1-4-6-16-31-17-14-22(15-18-31)26-20-29-27-13-12-23(19-25(26)27)30-28(33)32(34-21(3)5-2)24-10-8-7-9-11-24;1-3-4-16-31-29(21-8-6-5-7-9-21)25(30)27-20-10-11-24-22(17-20)23(18-26-24)19-12-14-28(2)15-13-19/h7-14,17,19-22,29H,4-6,15-16,18H2,1-3H3,(H,30,33);5-12,14,17-19,26H,3-4,13,15-16H2,1-2H3,(H,27,30). The van der Waals surface area contributed by atoms with Gasteiger partial charge in [-0.2, -0.15) is 10.1 Å². The molecule has 4 amide bonds. The van der Waals surface area contributed by atoms with E-state index in [1.165, 1.54) is 34.1 Å². The van der Waals surface area contributed by atoms with Crippen molar-refractivity contribution in [1.29, 1.82) is 0 Å². The smallest absolute Gasteiger partial charge is 0.350 e. The molecular weight excluding hydrogens is 813 g/mol. The normalized spacial score (nSPS) is 16.3. The number of allylic oxidation sites excluding steroid dienone is 2. The summed E-state index contributed by atoms with van der Waals surface area (Å²) in [6.45, 7) is 12.0. The van der Waals surface area contributed by atoms with Crippen LogP contribution in [0.15, 0.2) is 134 Å². The molecule has 4 heterocycles. The molecule has 4 N–H and O–H groups in total. The molecule has 0 saturated heterocycles. The highest BCUT2D eigenvalue weighted by molar-refractivity contribution is 6.02. The lowest BCUT2D eigenvalue weighted by Crippen LogP contribution is -2.37. The van der Waals surface area contributed by atoms with E-state index in [1.807, 2.05) is 105 Å². The third kappa shape index (κ3) is 12.2. The van der Waals surface area contributed by atoms with Crippen LogP contribution < -0.4 is 20.8 Å². The van der Waals surface area contributed by atoms with Crippen molar-refractivity contribution in [1.82, 2.24) is 19.8 Å². The van der Waals surface area contributed by atoms with E-state index in [0.29, 0.717) is 29.8 Å². The second-order valence-corrected chi connectivity index (χ2v) is 17.0. The largest absolute Gasteiger partial charge is 0.381 e. The van der Waals surface area contributed by atoms with Crippen LogP contribution in [0.5, 0.6) is 0 Å². The van der Waals surface area contributed by atoms with Gasteiger partial charge in [0.1, 0.15) is 0 Å². The highest BCUT2D eigenvalue weighted by atomic mass is 16.7. The van der Waals surface area contributed by atoms with Crippen molar-refractivity contribution in [3.8, 4) is 0 Å². The Balaban J connectivity index is 0.000000195. The van der Waals surface area contributed by atoms with Crippen molar-refractivity contribution < 1.29 is 19.3 Å². The summed E-state index contributed by atoms with van der Waals surface area (Å²) in [6.07, 6.45) is 20.4. The number of rotatable bonds is 16. The molecule has 12 heteroatoms. The Morgan fingerprint density at radius 2 is 1.25 bits per heavy atom. The van der Waals surface area contributed by atoms with E-state index in [9.17, 15) is 9.59 Å². The summed E-state index contributed by atoms with van der Waals surface area (Å²) in [5.74, 6) is 0.737. The molecule has 6 aromatic rings. The number of anilines is 4. The number of nitrogens with zero attached hydrogens (tertiary/aromatic N) is 4. The number of unbranched alkanes of at least 4 members (excludes halogenated alkanes) is 2. The van der Waals surface area contributed by atoms with Gasteiger partial charge in [-0.15, -0.1) is 0 Å². The third-order valence-electron chi connectivity index (χ3n) is 12.1. The van der Waals surface area contributed by atoms with Crippen LogP contribution in [0.3, 0.4) is 0 Å². The Morgan fingerprint density at radius 3 is 1.75 bits per heavy atom. The van der Waals surface area contributed by atoms with Crippen LogP contribution in [0, 0.1) is 0 Å². The molecule has 2 aliphatic rings. The lowest BCUT2D eigenvalue weighted by Gasteiger charge is -2.27. The van der Waals surface area contributed by atoms with Gasteiger partial charge in [-0.1, -0.05) is 82.2 Å². The quantitative estimate of drug-likeness (QED) is 0.0567. The Morgan fingerprint density at radius 1 is 0.708 bits per heavy atom. The Kier molecular flexibility index (Phi) is 16.4. The number of amides is 4. The van der Waals surface area contributed by atoms with Gasteiger partial charge in [-0.05, 0) is 123 Å². The zero-order valence-corrected chi connectivity index (χ0v) is 38.6. The van der Waals surface area contributed by atoms with Crippen molar-refractivity contribution in [2.24, 2.45) is 0 Å². The maximum Gasteiger partial charge on any atom is 0.350 e. The van der Waals surface area contributed by atoms with E-state index in [4.69, 9.17) is 9.68 Å². The molecule has 3 atom stereocenters. The second-order valence-electron chi connectivity index (χ2n) is 17.0. The number of fused-ring (bicyclic) bond motifs is 2. The molecule has 0 fully saturated rings. The SMILES string of the molecule is CCCCN1C=CC(c2c[nH]c3ccc(NC(=O)N(OC(C)CC)c4ccccc4)cc23)CC1.CCCCON(C(=O)Nc1ccc2[nH]cc(C3C=CN(C)CC3)c2c1)c1ccccc1. The topological polar surface area (TPSA) is 121 Å². The van der Waals surface area contributed by atoms with Gasteiger partial charge in [0.25, 0.3) is 0 Å². The van der Waals surface area contributed by atoms with Gasteiger partial charge >= 0.3 is 12.1 Å². The zero-order valence-electron chi connectivity index (χ0n) is 38.6. The molecule has 0 aliphatic carbocycles. The minimum Gasteiger partial charge on any atom is -0.381 e. The van der Waals surface area contributed by atoms with Crippen molar-refractivity contribution in [3.05, 3.63) is 145 Å². The van der Waals surface area contributed by atoms with Gasteiger partial charge in [0.05, 0.1) is 24.1 Å². The molecule has 12 nitrogen and oxygen atoms in total. The molecule has 0 spiro atoms. The molecule has 3 unspecified atom stereocenters. The Labute approximate surface area is 384 Å². The van der Waals surface area contributed by atoms with Crippen LogP contribution in [0.2, 0.25) is 0 Å². The van der Waals surface area contributed by atoms with Crippen LogP contribution in [0.25, 0.3) is 21.8 Å². The van der Waals surface area contributed by atoms with Crippen LogP contribution in [-0.2, 0) is 9.68 Å². The molecular formula is C53H66N8O4. The van der Waals surface area contributed by atoms with Gasteiger partial charge in [-0.25, -0.2) is 9.59 Å². The van der Waals surface area contributed by atoms with Crippen LogP contribution in [-0.4, -0.2) is 71.2 Å². The van der Waals surface area contributed by atoms with E-state index in [-0.39, 0.29) is 18.2 Å². The van der Waals surface area contributed by atoms with Gasteiger partial charge in [0, 0.05) is 84.1 Å². The van der Waals surface area contributed by atoms with E-state index >= 15 is 0 Å². The molecule has 8 rings (SSSR count). The van der Waals surface area contributed by atoms with Gasteiger partial charge in [0.2, 0.25) is 0 Å². The number of carbonyl (C=O) groups excluding carboxylic acids is 2. The predicted molar refractivity (Wildman–Crippen MR) is 266 cm³/mol. The van der Waals surface area contributed by atoms with E-state index in [0.717, 1.165) is 84.9 Å². The molecule has 4 aromatic carbocycles. The first-order valence-corrected chi connectivity index (χ1v) is 23.4. The summed E-state index contributed by atoms with van der Waals surface area (Å²) in [4.78, 5) is 49.4. The number of carbonyl (C=O) groups is 2. The summed E-state index contributed by atoms with van der Waals surface area (Å²) in [6, 6.07) is 30.3. The summed E-state index contributed by atoms with van der Waals surface area (Å²) >= 11 is 0. The summed E-state index contributed by atoms with van der Waals surface area (Å²) < 4.78 is 0. The number of hydrogen-bond acceptors (Lipinski definition) is 6. The average molecular weight is 879 g/mol. The second kappa shape index (κ2) is 22.9. The Hall–Kier alpha value is -6.50. The van der Waals surface area contributed by atoms with Crippen LogP contribution >= 0.6 is 0 Å². The van der Waals surface area contributed by atoms with Gasteiger partial charge in [0.15, 0.2) is 0 Å². The number of hydroxylamine groups is 2. The minimum absolute atomic E-state index is 0.0836. The Bertz CT molecular complexity index is 2500. The van der Waals surface area contributed by atoms with E-state index in [2.05, 4.69) is 94.3 Å². The monoisotopic (exact) mass is 879 g/mol. The molecule has 65 heavy (non-hydrogen) atoms. The number of nitrogens with one attached hydrogen (secondary N) is 4. The van der Waals surface area contributed by atoms with Crippen molar-refractivity contribution in [2.75, 3.05) is 54.0 Å². The molecule has 0 saturated carbocycles. The van der Waals surface area contributed by atoms with Crippen molar-refractivity contribution in [3.63, 3.8) is 0 Å². The predicted octanol–water partition coefficient (Wildman–Crippen LogP) is 12.9. The van der Waals surface area contributed by atoms with Crippen LogP contribution in [0.1, 0.15) is 95.6 Å². The van der Waals surface area contributed by atoms with Gasteiger partial charge < -0.3 is 30.4 Å². The number of aromatic amines is 2.